The van der Waals surface area contributed by atoms with Gasteiger partial charge in [0, 0.05) is 18.9 Å². The molecule has 3 unspecified atom stereocenters. The zero-order chi connectivity index (χ0) is 12.3. The molecule has 0 aromatic carbocycles. The van der Waals surface area contributed by atoms with Crippen LogP contribution in [0.1, 0.15) is 44.7 Å². The van der Waals surface area contributed by atoms with Crippen LogP contribution in [-0.4, -0.2) is 21.0 Å². The summed E-state index contributed by atoms with van der Waals surface area (Å²) in [4.78, 5) is 0. The maximum Gasteiger partial charge on any atom is 0.0572 e. The third kappa shape index (κ3) is 3.09. The van der Waals surface area contributed by atoms with Gasteiger partial charge in [0.05, 0.1) is 6.10 Å². The zero-order valence-corrected chi connectivity index (χ0v) is 11.0. The highest BCUT2D eigenvalue weighted by atomic mass is 16.3. The fraction of sp³-hybridized carbons (Fsp3) is 0.786. The molecule has 2 rings (SSSR count). The first-order valence-electron chi connectivity index (χ1n) is 6.85. The summed E-state index contributed by atoms with van der Waals surface area (Å²) in [6.07, 6.45) is 8.53. The highest BCUT2D eigenvalue weighted by Crippen LogP contribution is 2.35. The van der Waals surface area contributed by atoms with Gasteiger partial charge in [-0.2, -0.15) is 5.10 Å². The van der Waals surface area contributed by atoms with Gasteiger partial charge in [0.2, 0.25) is 0 Å². The summed E-state index contributed by atoms with van der Waals surface area (Å²) in [7, 11) is 1.96. The van der Waals surface area contributed by atoms with Gasteiger partial charge >= 0.3 is 0 Å². The molecule has 1 fully saturated rings. The molecule has 0 bridgehead atoms. The quantitative estimate of drug-likeness (QED) is 0.853. The normalized spacial score (nSPS) is 26.3. The van der Waals surface area contributed by atoms with E-state index in [4.69, 9.17) is 0 Å². The predicted molar refractivity (Wildman–Crippen MR) is 68.7 cm³/mol. The summed E-state index contributed by atoms with van der Waals surface area (Å²) in [6, 6.07) is 2.04. The van der Waals surface area contributed by atoms with E-state index in [1.54, 1.807) is 0 Å². The molecule has 3 nitrogen and oxygen atoms in total. The van der Waals surface area contributed by atoms with Crippen LogP contribution in [0.15, 0.2) is 12.3 Å². The van der Waals surface area contributed by atoms with E-state index < -0.39 is 0 Å². The van der Waals surface area contributed by atoms with Crippen LogP contribution in [0.4, 0.5) is 0 Å². The van der Waals surface area contributed by atoms with Crippen molar-refractivity contribution in [3.05, 3.63) is 18.0 Å². The molecule has 0 saturated heterocycles. The smallest absolute Gasteiger partial charge is 0.0572 e. The van der Waals surface area contributed by atoms with Crippen molar-refractivity contribution in [3.8, 4) is 0 Å². The molecule has 1 aliphatic carbocycles. The van der Waals surface area contributed by atoms with E-state index in [0.717, 1.165) is 18.8 Å². The number of rotatable bonds is 5. The van der Waals surface area contributed by atoms with E-state index in [0.29, 0.717) is 5.92 Å². The van der Waals surface area contributed by atoms with Gasteiger partial charge < -0.3 is 5.11 Å². The van der Waals surface area contributed by atoms with Crippen molar-refractivity contribution in [1.29, 1.82) is 0 Å². The number of aliphatic hydroxyl groups excluding tert-OH is 1. The van der Waals surface area contributed by atoms with Crippen molar-refractivity contribution in [2.24, 2.45) is 18.9 Å². The number of aromatic nitrogens is 2. The summed E-state index contributed by atoms with van der Waals surface area (Å²) >= 11 is 0. The molecule has 1 aliphatic rings. The lowest BCUT2D eigenvalue weighted by Crippen LogP contribution is -2.19. The lowest BCUT2D eigenvalue weighted by molar-refractivity contribution is 0.0993. The van der Waals surface area contributed by atoms with Crippen LogP contribution >= 0.6 is 0 Å². The minimum absolute atomic E-state index is 0.124. The maximum absolute atomic E-state index is 10.2. The maximum atomic E-state index is 10.2. The molecule has 1 aromatic heterocycles. The highest BCUT2D eigenvalue weighted by Gasteiger charge is 2.28. The Morgan fingerprint density at radius 2 is 2.35 bits per heavy atom. The standard InChI is InChI=1S/C14H24N2O/c1-3-11-4-5-12(10-11)14(17)7-6-13-8-9-15-16(13)2/h8-9,11-12,14,17H,3-7,10H2,1-2H3. The molecule has 1 saturated carbocycles. The van der Waals surface area contributed by atoms with Crippen LogP contribution in [0.3, 0.4) is 0 Å². The van der Waals surface area contributed by atoms with Crippen molar-refractivity contribution >= 4 is 0 Å². The lowest BCUT2D eigenvalue weighted by atomic mass is 9.94. The Balaban J connectivity index is 1.78. The minimum atomic E-state index is -0.124. The second kappa shape index (κ2) is 5.67. The van der Waals surface area contributed by atoms with Gasteiger partial charge in [-0.15, -0.1) is 0 Å². The van der Waals surface area contributed by atoms with Crippen LogP contribution in [0, 0.1) is 11.8 Å². The lowest BCUT2D eigenvalue weighted by Gasteiger charge is -2.18. The first-order chi connectivity index (χ1) is 8.20. The molecule has 3 heteroatoms. The molecular weight excluding hydrogens is 212 g/mol. The average Bonchev–Trinajstić information content (AvgIpc) is 2.94. The Morgan fingerprint density at radius 1 is 1.53 bits per heavy atom. The Morgan fingerprint density at radius 3 is 2.94 bits per heavy atom. The van der Waals surface area contributed by atoms with Crippen LogP contribution in [0.2, 0.25) is 0 Å². The molecule has 3 atom stereocenters. The number of aryl methyl sites for hydroxylation is 2. The van der Waals surface area contributed by atoms with Crippen molar-refractivity contribution in [2.75, 3.05) is 0 Å². The van der Waals surface area contributed by atoms with Crippen LogP contribution in [0.5, 0.6) is 0 Å². The SMILES string of the molecule is CCC1CCC(C(O)CCc2ccnn2C)C1. The Hall–Kier alpha value is -0.830. The summed E-state index contributed by atoms with van der Waals surface area (Å²) < 4.78 is 1.90. The Kier molecular flexibility index (Phi) is 4.21. The van der Waals surface area contributed by atoms with E-state index in [2.05, 4.69) is 12.0 Å². The van der Waals surface area contributed by atoms with E-state index in [1.165, 1.54) is 31.4 Å². The van der Waals surface area contributed by atoms with Gasteiger partial charge in [-0.25, -0.2) is 0 Å². The highest BCUT2D eigenvalue weighted by molar-refractivity contribution is 5.00. The third-order valence-corrected chi connectivity index (χ3v) is 4.32. The number of hydrogen-bond donors (Lipinski definition) is 1. The van der Waals surface area contributed by atoms with E-state index >= 15 is 0 Å². The summed E-state index contributed by atoms with van der Waals surface area (Å²) in [5.74, 6) is 1.39. The molecule has 0 radical (unpaired) electrons. The number of hydrogen-bond acceptors (Lipinski definition) is 2. The van der Waals surface area contributed by atoms with Crippen LogP contribution < -0.4 is 0 Å². The molecule has 1 aromatic rings. The van der Waals surface area contributed by atoms with Gasteiger partial charge in [0.1, 0.15) is 0 Å². The first kappa shape index (κ1) is 12.6. The fourth-order valence-electron chi connectivity index (χ4n) is 3.01. The summed E-state index contributed by atoms with van der Waals surface area (Å²) in [5, 5.41) is 14.4. The summed E-state index contributed by atoms with van der Waals surface area (Å²) in [5.41, 5.74) is 1.22. The Bertz CT molecular complexity index is 348. The largest absolute Gasteiger partial charge is 0.393 e. The minimum Gasteiger partial charge on any atom is -0.393 e. The summed E-state index contributed by atoms with van der Waals surface area (Å²) in [6.45, 7) is 2.26. The van der Waals surface area contributed by atoms with Crippen molar-refractivity contribution in [2.45, 2.75) is 51.6 Å². The van der Waals surface area contributed by atoms with E-state index in [-0.39, 0.29) is 6.10 Å². The molecule has 0 amide bonds. The van der Waals surface area contributed by atoms with Crippen molar-refractivity contribution in [3.63, 3.8) is 0 Å². The molecule has 1 N–H and O–H groups in total. The van der Waals surface area contributed by atoms with Gasteiger partial charge in [-0.3, -0.25) is 4.68 Å². The first-order valence-corrected chi connectivity index (χ1v) is 6.85. The molecule has 17 heavy (non-hydrogen) atoms. The molecule has 1 heterocycles. The second-order valence-electron chi connectivity index (χ2n) is 5.40. The van der Waals surface area contributed by atoms with Crippen molar-refractivity contribution in [1.82, 2.24) is 9.78 Å². The predicted octanol–water partition coefficient (Wildman–Crippen LogP) is 2.54. The van der Waals surface area contributed by atoms with Gasteiger partial charge in [-0.1, -0.05) is 19.8 Å². The monoisotopic (exact) mass is 236 g/mol. The number of nitrogens with zero attached hydrogens (tertiary/aromatic N) is 2. The molecular formula is C14H24N2O. The molecule has 96 valence electrons. The third-order valence-electron chi connectivity index (χ3n) is 4.32. The van der Waals surface area contributed by atoms with E-state index in [9.17, 15) is 5.11 Å². The second-order valence-corrected chi connectivity index (χ2v) is 5.40. The topological polar surface area (TPSA) is 38.1 Å². The average molecular weight is 236 g/mol. The molecule has 0 spiro atoms. The van der Waals surface area contributed by atoms with Crippen LogP contribution in [-0.2, 0) is 13.5 Å². The Labute approximate surface area is 104 Å². The molecule has 0 aliphatic heterocycles. The zero-order valence-electron chi connectivity index (χ0n) is 11.0. The van der Waals surface area contributed by atoms with Gasteiger partial charge in [0.25, 0.3) is 0 Å². The van der Waals surface area contributed by atoms with Crippen LogP contribution in [0.25, 0.3) is 0 Å². The van der Waals surface area contributed by atoms with Gasteiger partial charge in [-0.05, 0) is 43.6 Å². The van der Waals surface area contributed by atoms with Gasteiger partial charge in [0.15, 0.2) is 0 Å². The number of aliphatic hydroxyl groups is 1. The van der Waals surface area contributed by atoms with E-state index in [1.807, 2.05) is 24.0 Å². The fourth-order valence-corrected chi connectivity index (χ4v) is 3.01. The van der Waals surface area contributed by atoms with Crippen molar-refractivity contribution < 1.29 is 5.11 Å².